The van der Waals surface area contributed by atoms with E-state index in [1.54, 1.807) is 30.3 Å². The van der Waals surface area contributed by atoms with Gasteiger partial charge in [0.05, 0.1) is 28.6 Å². The van der Waals surface area contributed by atoms with Crippen LogP contribution in [0.3, 0.4) is 0 Å². The van der Waals surface area contributed by atoms with E-state index >= 15 is 0 Å². The van der Waals surface area contributed by atoms with Gasteiger partial charge in [-0.2, -0.15) is 0 Å². The molecule has 0 fully saturated rings. The van der Waals surface area contributed by atoms with Gasteiger partial charge in [-0.25, -0.2) is 22.8 Å². The summed E-state index contributed by atoms with van der Waals surface area (Å²) in [6.45, 7) is 0. The molecule has 1 amide bonds. The summed E-state index contributed by atoms with van der Waals surface area (Å²) in [5.74, 6) is -1.18. The maximum Gasteiger partial charge on any atom is 0.263 e. The second kappa shape index (κ2) is 11.9. The van der Waals surface area contributed by atoms with Crippen molar-refractivity contribution in [2.24, 2.45) is 0 Å². The minimum absolute atomic E-state index is 0. The number of aromatic hydroxyl groups is 1. The van der Waals surface area contributed by atoms with Crippen LogP contribution in [0, 0.1) is 5.82 Å². The third-order valence-corrected chi connectivity index (χ3v) is 7.05. The highest BCUT2D eigenvalue weighted by Crippen LogP contribution is 2.31. The van der Waals surface area contributed by atoms with Crippen LogP contribution >= 0.6 is 0 Å². The number of sulfonamides is 1. The number of rotatable bonds is 8. The highest BCUT2D eigenvalue weighted by Gasteiger charge is 2.21. The predicted octanol–water partition coefficient (Wildman–Crippen LogP) is 5.92. The number of fused-ring (bicyclic) bond motifs is 1. The molecule has 0 saturated heterocycles. The third-order valence-electron chi connectivity index (χ3n) is 5.71. The first-order valence-corrected chi connectivity index (χ1v) is 13.3. The maximum atomic E-state index is 14.0. The van der Waals surface area contributed by atoms with Gasteiger partial charge in [0.1, 0.15) is 17.3 Å². The number of nitrogens with one attached hydrogen (secondary N) is 3. The number of ether oxygens (including phenoxy) is 1. The SMILES string of the molecule is C.COc1cc(O)cc(Nc2nc3ccccc3nc2NS(=O)(=O)c2cccc(NC(=O)c3ccccc3F)c2)c1. The average Bonchev–Trinajstić information content (AvgIpc) is 2.93. The Kier molecular flexibility index (Phi) is 8.34. The number of phenolic OH excluding ortho intramolecular Hbond substituents is 1. The molecule has 4 N–H and O–H groups in total. The Bertz CT molecular complexity index is 1850. The number of hydrogen-bond donors (Lipinski definition) is 4. The highest BCUT2D eigenvalue weighted by molar-refractivity contribution is 7.92. The van der Waals surface area contributed by atoms with Crippen LogP contribution in [0.25, 0.3) is 11.0 Å². The zero-order valence-corrected chi connectivity index (χ0v) is 21.7. The summed E-state index contributed by atoms with van der Waals surface area (Å²) in [5.41, 5.74) is 1.27. The van der Waals surface area contributed by atoms with E-state index in [0.717, 1.165) is 6.07 Å². The molecule has 0 aliphatic rings. The lowest BCUT2D eigenvalue weighted by Gasteiger charge is -2.15. The standard InChI is InChI=1S/C28H22FN5O5S.CH4/c1-39-20-14-18(13-19(35)16-20)30-26-27(33-25-12-5-4-11-24(25)32-26)34-40(37,38)21-8-6-7-17(15-21)31-28(36)22-9-2-3-10-23(22)29;/h2-16,35H,1H3,(H,30,32)(H,31,36)(H,33,34);1H4. The molecule has 5 rings (SSSR count). The van der Waals surface area contributed by atoms with Crippen LogP contribution in [0.15, 0.2) is 95.9 Å². The molecule has 10 nitrogen and oxygen atoms in total. The van der Waals surface area contributed by atoms with E-state index < -0.39 is 21.7 Å². The topological polar surface area (TPSA) is 143 Å². The van der Waals surface area contributed by atoms with Crippen LogP contribution in [0.2, 0.25) is 0 Å². The number of carbonyl (C=O) groups excluding carboxylic acids is 1. The molecule has 0 unspecified atom stereocenters. The average molecular weight is 576 g/mol. The van der Waals surface area contributed by atoms with Crippen molar-refractivity contribution >= 4 is 50.0 Å². The summed E-state index contributed by atoms with van der Waals surface area (Å²) in [6, 6.07) is 22.3. The first-order valence-electron chi connectivity index (χ1n) is 11.8. The second-order valence-corrected chi connectivity index (χ2v) is 10.2. The Morgan fingerprint density at radius 3 is 2.24 bits per heavy atom. The molecule has 0 spiro atoms. The number of hydrogen-bond acceptors (Lipinski definition) is 8. The van der Waals surface area contributed by atoms with E-state index in [1.807, 2.05) is 0 Å². The zero-order chi connectivity index (χ0) is 28.3. The number of halogens is 1. The fourth-order valence-electron chi connectivity index (χ4n) is 3.84. The summed E-state index contributed by atoms with van der Waals surface area (Å²) in [4.78, 5) is 21.3. The Balaban J connectivity index is 0.00000387. The van der Waals surface area contributed by atoms with E-state index in [4.69, 9.17) is 4.74 Å². The summed E-state index contributed by atoms with van der Waals surface area (Å²) >= 11 is 0. The molecular formula is C29H26FN5O5S. The molecule has 41 heavy (non-hydrogen) atoms. The number of methoxy groups -OCH3 is 1. The van der Waals surface area contributed by atoms with Crippen molar-refractivity contribution in [3.05, 3.63) is 102 Å². The van der Waals surface area contributed by atoms with Crippen LogP contribution in [-0.4, -0.2) is 36.5 Å². The van der Waals surface area contributed by atoms with Crippen LogP contribution in [0.1, 0.15) is 17.8 Å². The van der Waals surface area contributed by atoms with Crippen LogP contribution < -0.4 is 20.1 Å². The lowest BCUT2D eigenvalue weighted by atomic mass is 10.2. The van der Waals surface area contributed by atoms with Crippen molar-refractivity contribution < 1.29 is 27.4 Å². The molecule has 0 radical (unpaired) electrons. The van der Waals surface area contributed by atoms with Crippen LogP contribution in [0.5, 0.6) is 11.5 Å². The number of para-hydroxylation sites is 2. The van der Waals surface area contributed by atoms with Crippen LogP contribution in [-0.2, 0) is 10.0 Å². The van der Waals surface area contributed by atoms with Gasteiger partial charge in [-0.15, -0.1) is 0 Å². The molecule has 0 aliphatic heterocycles. The van der Waals surface area contributed by atoms with Crippen molar-refractivity contribution in [3.63, 3.8) is 0 Å². The molecule has 0 bridgehead atoms. The molecule has 12 heteroatoms. The number of carbonyl (C=O) groups is 1. The van der Waals surface area contributed by atoms with E-state index in [1.165, 1.54) is 61.7 Å². The first kappa shape index (κ1) is 28.8. The summed E-state index contributed by atoms with van der Waals surface area (Å²) in [5, 5.41) is 15.5. The van der Waals surface area contributed by atoms with Gasteiger partial charge in [0.15, 0.2) is 11.6 Å². The van der Waals surface area contributed by atoms with Gasteiger partial charge in [-0.05, 0) is 42.5 Å². The summed E-state index contributed by atoms with van der Waals surface area (Å²) in [7, 11) is -2.80. The molecule has 0 aliphatic carbocycles. The Hall–Kier alpha value is -5.23. The van der Waals surface area contributed by atoms with Gasteiger partial charge in [0, 0.05) is 29.6 Å². The molecule has 0 atom stereocenters. The molecule has 1 aromatic heterocycles. The largest absolute Gasteiger partial charge is 0.508 e. The highest BCUT2D eigenvalue weighted by atomic mass is 32.2. The number of anilines is 4. The Labute approximate surface area is 235 Å². The number of aromatic nitrogens is 2. The smallest absolute Gasteiger partial charge is 0.263 e. The lowest BCUT2D eigenvalue weighted by molar-refractivity contribution is 0.102. The minimum atomic E-state index is -4.24. The fraction of sp³-hybridized carbons (Fsp3) is 0.0690. The minimum Gasteiger partial charge on any atom is -0.508 e. The van der Waals surface area contributed by atoms with Crippen molar-refractivity contribution in [2.75, 3.05) is 22.5 Å². The number of nitrogens with zero attached hydrogens (tertiary/aromatic N) is 2. The summed E-state index contributed by atoms with van der Waals surface area (Å²) < 4.78 is 48.5. The van der Waals surface area contributed by atoms with E-state index in [-0.39, 0.29) is 41.0 Å². The Morgan fingerprint density at radius 1 is 0.854 bits per heavy atom. The van der Waals surface area contributed by atoms with Gasteiger partial charge < -0.3 is 20.5 Å². The normalized spacial score (nSPS) is 10.9. The van der Waals surface area contributed by atoms with Crippen molar-refractivity contribution in [1.29, 1.82) is 0 Å². The Morgan fingerprint density at radius 2 is 1.54 bits per heavy atom. The van der Waals surface area contributed by atoms with E-state index in [0.29, 0.717) is 22.5 Å². The summed E-state index contributed by atoms with van der Waals surface area (Å²) in [6.07, 6.45) is 0. The van der Waals surface area contributed by atoms with Gasteiger partial charge in [0.25, 0.3) is 15.9 Å². The lowest BCUT2D eigenvalue weighted by Crippen LogP contribution is -2.17. The maximum absolute atomic E-state index is 14.0. The van der Waals surface area contributed by atoms with Crippen molar-refractivity contribution in [3.8, 4) is 11.5 Å². The quantitative estimate of drug-likeness (QED) is 0.179. The molecule has 1 heterocycles. The zero-order valence-electron chi connectivity index (χ0n) is 20.9. The van der Waals surface area contributed by atoms with E-state index in [2.05, 4.69) is 25.3 Å². The van der Waals surface area contributed by atoms with Gasteiger partial charge >= 0.3 is 0 Å². The van der Waals surface area contributed by atoms with Gasteiger partial charge in [0.2, 0.25) is 0 Å². The van der Waals surface area contributed by atoms with Crippen molar-refractivity contribution in [1.82, 2.24) is 9.97 Å². The van der Waals surface area contributed by atoms with Crippen LogP contribution in [0.4, 0.5) is 27.4 Å². The van der Waals surface area contributed by atoms with Gasteiger partial charge in [-0.1, -0.05) is 37.8 Å². The molecule has 0 saturated carbocycles. The molecule has 210 valence electrons. The van der Waals surface area contributed by atoms with Crippen molar-refractivity contribution in [2.45, 2.75) is 12.3 Å². The monoisotopic (exact) mass is 575 g/mol. The third kappa shape index (κ3) is 6.50. The second-order valence-electron chi connectivity index (χ2n) is 8.52. The molecule has 4 aromatic carbocycles. The fourth-order valence-corrected chi connectivity index (χ4v) is 4.89. The molecular weight excluding hydrogens is 549 g/mol. The van der Waals surface area contributed by atoms with Gasteiger partial charge in [-0.3, -0.25) is 9.52 Å². The number of benzene rings is 4. The first-order chi connectivity index (χ1) is 19.2. The number of amides is 1. The van der Waals surface area contributed by atoms with E-state index in [9.17, 15) is 22.7 Å². The number of phenols is 1. The molecule has 5 aromatic rings. The predicted molar refractivity (Wildman–Crippen MR) is 156 cm³/mol.